The van der Waals surface area contributed by atoms with Crippen molar-refractivity contribution in [1.29, 1.82) is 0 Å². The quantitative estimate of drug-likeness (QED) is 0.735. The van der Waals surface area contributed by atoms with Crippen LogP contribution in [0, 0.1) is 5.92 Å². The summed E-state index contributed by atoms with van der Waals surface area (Å²) in [5.41, 5.74) is 0. The first-order chi connectivity index (χ1) is 8.31. The van der Waals surface area contributed by atoms with Crippen molar-refractivity contribution in [3.63, 3.8) is 0 Å². The van der Waals surface area contributed by atoms with E-state index in [4.69, 9.17) is 4.74 Å². The fraction of sp³-hybridized carbons (Fsp3) is 1.00. The van der Waals surface area contributed by atoms with E-state index >= 15 is 0 Å². The van der Waals surface area contributed by atoms with Crippen LogP contribution in [0.3, 0.4) is 0 Å². The van der Waals surface area contributed by atoms with Crippen molar-refractivity contribution in [2.45, 2.75) is 51.2 Å². The van der Waals surface area contributed by atoms with Crippen LogP contribution in [0.2, 0.25) is 0 Å². The van der Waals surface area contributed by atoms with Crippen LogP contribution in [0.1, 0.15) is 39.0 Å². The molecule has 3 heteroatoms. The van der Waals surface area contributed by atoms with Gasteiger partial charge in [0.25, 0.3) is 0 Å². The standard InChI is InChI=1S/C14H28N2O/c1-3-16(10-12-5-4-6-12)11-14-8-7-13(17-14)9-15-2/h12-15H,3-11H2,1-2H3. The summed E-state index contributed by atoms with van der Waals surface area (Å²) in [5.74, 6) is 0.976. The van der Waals surface area contributed by atoms with Crippen molar-refractivity contribution in [3.8, 4) is 0 Å². The van der Waals surface area contributed by atoms with Crippen LogP contribution in [-0.4, -0.2) is 50.3 Å². The van der Waals surface area contributed by atoms with E-state index in [9.17, 15) is 0 Å². The summed E-state index contributed by atoms with van der Waals surface area (Å²) in [5, 5.41) is 3.21. The Morgan fingerprint density at radius 1 is 1.12 bits per heavy atom. The van der Waals surface area contributed by atoms with Gasteiger partial charge in [-0.15, -0.1) is 0 Å². The van der Waals surface area contributed by atoms with Gasteiger partial charge in [-0.1, -0.05) is 13.3 Å². The fourth-order valence-corrected chi connectivity index (χ4v) is 2.95. The van der Waals surface area contributed by atoms with Gasteiger partial charge in [0.1, 0.15) is 0 Å². The van der Waals surface area contributed by atoms with Crippen LogP contribution < -0.4 is 5.32 Å². The van der Waals surface area contributed by atoms with Gasteiger partial charge in [-0.3, -0.25) is 0 Å². The van der Waals surface area contributed by atoms with Crippen molar-refractivity contribution in [1.82, 2.24) is 10.2 Å². The molecule has 2 fully saturated rings. The van der Waals surface area contributed by atoms with E-state index in [0.29, 0.717) is 12.2 Å². The highest BCUT2D eigenvalue weighted by molar-refractivity contribution is 4.79. The molecule has 1 saturated heterocycles. The number of rotatable bonds is 7. The molecule has 0 radical (unpaired) electrons. The number of nitrogens with one attached hydrogen (secondary N) is 1. The van der Waals surface area contributed by atoms with Crippen LogP contribution >= 0.6 is 0 Å². The third-order valence-corrected chi connectivity index (χ3v) is 4.28. The monoisotopic (exact) mass is 240 g/mol. The minimum atomic E-state index is 0.451. The van der Waals surface area contributed by atoms with Crippen LogP contribution in [-0.2, 0) is 4.74 Å². The predicted octanol–water partition coefficient (Wildman–Crippen LogP) is 1.88. The van der Waals surface area contributed by atoms with Crippen molar-refractivity contribution in [2.75, 3.05) is 33.2 Å². The molecule has 0 aromatic heterocycles. The van der Waals surface area contributed by atoms with Gasteiger partial charge in [0.15, 0.2) is 0 Å². The van der Waals surface area contributed by atoms with E-state index in [-0.39, 0.29) is 0 Å². The molecule has 2 aliphatic rings. The highest BCUT2D eigenvalue weighted by atomic mass is 16.5. The fourth-order valence-electron chi connectivity index (χ4n) is 2.95. The molecule has 1 aliphatic carbocycles. The first-order valence-corrected chi connectivity index (χ1v) is 7.34. The molecule has 17 heavy (non-hydrogen) atoms. The molecule has 2 unspecified atom stereocenters. The van der Waals surface area contributed by atoms with Crippen molar-refractivity contribution in [3.05, 3.63) is 0 Å². The number of hydrogen-bond acceptors (Lipinski definition) is 3. The lowest BCUT2D eigenvalue weighted by Crippen LogP contribution is -2.38. The molecule has 3 nitrogen and oxygen atoms in total. The van der Waals surface area contributed by atoms with E-state index in [2.05, 4.69) is 17.1 Å². The molecule has 1 heterocycles. The average molecular weight is 240 g/mol. The minimum absolute atomic E-state index is 0.451. The summed E-state index contributed by atoms with van der Waals surface area (Å²) in [6.45, 7) is 6.90. The topological polar surface area (TPSA) is 24.5 Å². The van der Waals surface area contributed by atoms with E-state index in [0.717, 1.165) is 19.0 Å². The van der Waals surface area contributed by atoms with Gasteiger partial charge in [-0.2, -0.15) is 0 Å². The first kappa shape index (κ1) is 13.3. The molecule has 1 aliphatic heterocycles. The van der Waals surface area contributed by atoms with Gasteiger partial charge in [-0.25, -0.2) is 0 Å². The molecular weight excluding hydrogens is 212 g/mol. The summed E-state index contributed by atoms with van der Waals surface area (Å²) >= 11 is 0. The van der Waals surface area contributed by atoms with E-state index < -0.39 is 0 Å². The van der Waals surface area contributed by atoms with E-state index in [1.165, 1.54) is 45.2 Å². The van der Waals surface area contributed by atoms with Gasteiger partial charge < -0.3 is 15.0 Å². The maximum absolute atomic E-state index is 6.06. The Balaban J connectivity index is 1.67. The van der Waals surface area contributed by atoms with Gasteiger partial charge in [0.05, 0.1) is 12.2 Å². The number of ether oxygens (including phenoxy) is 1. The third kappa shape index (κ3) is 3.94. The van der Waals surface area contributed by atoms with Crippen molar-refractivity contribution < 1.29 is 4.74 Å². The maximum atomic E-state index is 6.06. The molecule has 1 saturated carbocycles. The van der Waals surface area contributed by atoms with Crippen molar-refractivity contribution in [2.24, 2.45) is 5.92 Å². The third-order valence-electron chi connectivity index (χ3n) is 4.28. The number of hydrogen-bond donors (Lipinski definition) is 1. The summed E-state index contributed by atoms with van der Waals surface area (Å²) in [7, 11) is 2.01. The Morgan fingerprint density at radius 3 is 2.47 bits per heavy atom. The van der Waals surface area contributed by atoms with Crippen LogP contribution in [0.4, 0.5) is 0 Å². The molecule has 0 aromatic rings. The largest absolute Gasteiger partial charge is 0.372 e. The zero-order valence-corrected chi connectivity index (χ0v) is 11.5. The number of likely N-dealkylation sites (N-methyl/N-ethyl adjacent to an activating group) is 2. The Hall–Kier alpha value is -0.120. The van der Waals surface area contributed by atoms with Gasteiger partial charge in [0.2, 0.25) is 0 Å². The Labute approximate surface area is 106 Å². The predicted molar refractivity (Wildman–Crippen MR) is 71.3 cm³/mol. The SMILES string of the molecule is CCN(CC1CCC1)CC1CCC(CNC)O1. The van der Waals surface area contributed by atoms with Crippen LogP contribution in [0.5, 0.6) is 0 Å². The maximum Gasteiger partial charge on any atom is 0.0707 e. The van der Waals surface area contributed by atoms with Crippen molar-refractivity contribution >= 4 is 0 Å². The van der Waals surface area contributed by atoms with Crippen LogP contribution in [0.25, 0.3) is 0 Å². The molecule has 0 amide bonds. The first-order valence-electron chi connectivity index (χ1n) is 7.34. The molecular formula is C14H28N2O. The zero-order valence-electron chi connectivity index (χ0n) is 11.5. The summed E-state index contributed by atoms with van der Waals surface area (Å²) in [4.78, 5) is 2.59. The normalized spacial score (nSPS) is 29.8. The second-order valence-electron chi connectivity index (χ2n) is 5.66. The lowest BCUT2D eigenvalue weighted by Gasteiger charge is -2.33. The lowest BCUT2D eigenvalue weighted by atomic mass is 9.85. The number of nitrogens with zero attached hydrogens (tertiary/aromatic N) is 1. The highest BCUT2D eigenvalue weighted by Crippen LogP contribution is 2.28. The molecule has 2 atom stereocenters. The molecule has 1 N–H and O–H groups in total. The molecule has 0 spiro atoms. The molecule has 2 rings (SSSR count). The summed E-state index contributed by atoms with van der Waals surface area (Å²) in [6.07, 6.45) is 7.75. The molecule has 0 aromatic carbocycles. The highest BCUT2D eigenvalue weighted by Gasteiger charge is 2.27. The molecule has 0 bridgehead atoms. The van der Waals surface area contributed by atoms with E-state index in [1.807, 2.05) is 7.05 Å². The van der Waals surface area contributed by atoms with Gasteiger partial charge >= 0.3 is 0 Å². The smallest absolute Gasteiger partial charge is 0.0707 e. The van der Waals surface area contributed by atoms with Gasteiger partial charge in [-0.05, 0) is 45.2 Å². The zero-order chi connectivity index (χ0) is 12.1. The Bertz CT molecular complexity index is 218. The van der Waals surface area contributed by atoms with E-state index in [1.54, 1.807) is 0 Å². The average Bonchev–Trinajstić information content (AvgIpc) is 2.70. The van der Waals surface area contributed by atoms with Gasteiger partial charge in [0, 0.05) is 19.6 Å². The second kappa shape index (κ2) is 6.72. The summed E-state index contributed by atoms with van der Waals surface area (Å²) < 4.78 is 6.06. The Morgan fingerprint density at radius 2 is 1.88 bits per heavy atom. The second-order valence-corrected chi connectivity index (χ2v) is 5.66. The summed E-state index contributed by atoms with van der Waals surface area (Å²) in [6, 6.07) is 0. The lowest BCUT2D eigenvalue weighted by molar-refractivity contribution is 0.0195. The Kier molecular flexibility index (Phi) is 5.26. The molecule has 100 valence electrons. The van der Waals surface area contributed by atoms with Crippen LogP contribution in [0.15, 0.2) is 0 Å². The minimum Gasteiger partial charge on any atom is -0.372 e.